The van der Waals surface area contributed by atoms with Gasteiger partial charge in [-0.1, -0.05) is 64.7 Å². The van der Waals surface area contributed by atoms with Crippen LogP contribution in [0.1, 0.15) is 77.6 Å². The second-order valence-electron chi connectivity index (χ2n) is 8.88. The molecule has 0 rings (SSSR count). The number of carboxylic acids is 2. The Balaban J connectivity index is 4.77. The fourth-order valence-corrected chi connectivity index (χ4v) is 4.08. The largest absolute Gasteiger partial charge is 0.480 e. The molecule has 2 unspecified atom stereocenters. The minimum atomic E-state index is -1.38. The summed E-state index contributed by atoms with van der Waals surface area (Å²) in [5.74, 6) is -2.12. The first-order valence-corrected chi connectivity index (χ1v) is 10.5. The average molecular weight is 388 g/mol. The van der Waals surface area contributed by atoms with Crippen molar-refractivity contribution in [3.63, 3.8) is 0 Å². The Morgan fingerprint density at radius 1 is 0.852 bits per heavy atom. The number of unbranched alkanes of at least 4 members (excludes halogenated alkanes) is 9. The molecule has 0 aromatic carbocycles. The summed E-state index contributed by atoms with van der Waals surface area (Å²) >= 11 is 0. The molecule has 2 N–H and O–H groups in total. The Hall–Kier alpha value is -1.14. The maximum absolute atomic E-state index is 12.3. The lowest BCUT2D eigenvalue weighted by molar-refractivity contribution is -0.916. The van der Waals surface area contributed by atoms with E-state index in [1.807, 2.05) is 0 Å². The number of carbonyl (C=O) groups is 2. The van der Waals surface area contributed by atoms with Crippen LogP contribution in [0.25, 0.3) is 0 Å². The molecule has 0 aromatic heterocycles. The molecule has 0 aliphatic carbocycles. The third-order valence-corrected chi connectivity index (χ3v) is 5.68. The molecule has 6 nitrogen and oxygen atoms in total. The molecule has 0 saturated heterocycles. The van der Waals surface area contributed by atoms with Gasteiger partial charge in [-0.3, -0.25) is 9.69 Å². The van der Waals surface area contributed by atoms with Crippen LogP contribution in [0.5, 0.6) is 0 Å². The zero-order valence-corrected chi connectivity index (χ0v) is 18.5. The van der Waals surface area contributed by atoms with Gasteiger partial charge in [0.1, 0.15) is 0 Å². The number of aliphatic carboxylic acids is 2. The SMILES string of the molecule is CCCCCCCCCCCCC(C(=O)O)(C(C(=O)O)N(C)C)[N+](C)(C)C. The van der Waals surface area contributed by atoms with Crippen LogP contribution in [0.3, 0.4) is 0 Å². The lowest BCUT2D eigenvalue weighted by Crippen LogP contribution is -2.72. The minimum Gasteiger partial charge on any atom is -0.480 e. The van der Waals surface area contributed by atoms with Crippen LogP contribution >= 0.6 is 0 Å². The summed E-state index contributed by atoms with van der Waals surface area (Å²) in [6.45, 7) is 2.22. The average Bonchev–Trinajstić information content (AvgIpc) is 2.53. The van der Waals surface area contributed by atoms with Gasteiger partial charge in [0.25, 0.3) is 0 Å². The van der Waals surface area contributed by atoms with Gasteiger partial charge >= 0.3 is 11.9 Å². The summed E-state index contributed by atoms with van der Waals surface area (Å²) in [5.41, 5.74) is -1.38. The molecule has 0 aromatic rings. The second-order valence-corrected chi connectivity index (χ2v) is 8.88. The van der Waals surface area contributed by atoms with E-state index in [0.29, 0.717) is 6.42 Å². The highest BCUT2D eigenvalue weighted by molar-refractivity contribution is 5.88. The molecule has 0 saturated carbocycles. The first-order chi connectivity index (χ1) is 12.5. The van der Waals surface area contributed by atoms with Crippen molar-refractivity contribution in [2.45, 2.75) is 89.1 Å². The van der Waals surface area contributed by atoms with E-state index in [2.05, 4.69) is 6.92 Å². The van der Waals surface area contributed by atoms with Crippen molar-refractivity contribution >= 4 is 11.9 Å². The number of hydrogen-bond donors (Lipinski definition) is 2. The molecule has 0 spiro atoms. The van der Waals surface area contributed by atoms with E-state index in [0.717, 1.165) is 19.3 Å². The highest BCUT2D eigenvalue weighted by Crippen LogP contribution is 2.33. The highest BCUT2D eigenvalue weighted by Gasteiger charge is 2.60. The molecule has 0 aliphatic heterocycles. The van der Waals surface area contributed by atoms with Crippen LogP contribution in [-0.2, 0) is 9.59 Å². The molecular formula is C21H43N2O4+. The van der Waals surface area contributed by atoms with E-state index in [9.17, 15) is 19.8 Å². The molecule has 0 heterocycles. The zero-order valence-electron chi connectivity index (χ0n) is 18.5. The molecule has 0 aliphatic rings. The maximum Gasteiger partial charge on any atom is 0.368 e. The summed E-state index contributed by atoms with van der Waals surface area (Å²) in [6.07, 6.45) is 12.0. The molecule has 0 amide bonds. The van der Waals surface area contributed by atoms with Crippen molar-refractivity contribution in [1.82, 2.24) is 4.90 Å². The normalized spacial score (nSPS) is 15.5. The monoisotopic (exact) mass is 387 g/mol. The van der Waals surface area contributed by atoms with E-state index >= 15 is 0 Å². The van der Waals surface area contributed by atoms with Crippen molar-refractivity contribution in [2.24, 2.45) is 0 Å². The van der Waals surface area contributed by atoms with Gasteiger partial charge in [-0.15, -0.1) is 0 Å². The van der Waals surface area contributed by atoms with Gasteiger partial charge in [-0.25, -0.2) is 4.79 Å². The Morgan fingerprint density at radius 3 is 1.56 bits per heavy atom. The summed E-state index contributed by atoms with van der Waals surface area (Å²) in [5, 5.41) is 19.8. The van der Waals surface area contributed by atoms with E-state index < -0.39 is 23.5 Å². The molecule has 2 atom stereocenters. The topological polar surface area (TPSA) is 77.8 Å². The van der Waals surface area contributed by atoms with Gasteiger partial charge in [0.15, 0.2) is 6.04 Å². The summed E-state index contributed by atoms with van der Waals surface area (Å²) in [6, 6.07) is -1.08. The Morgan fingerprint density at radius 2 is 1.26 bits per heavy atom. The lowest BCUT2D eigenvalue weighted by Gasteiger charge is -2.47. The number of nitrogens with zero attached hydrogens (tertiary/aromatic N) is 2. The molecule has 160 valence electrons. The van der Waals surface area contributed by atoms with Crippen LogP contribution in [-0.4, -0.2) is 78.4 Å². The molecule has 0 radical (unpaired) electrons. The molecule has 27 heavy (non-hydrogen) atoms. The summed E-state index contributed by atoms with van der Waals surface area (Å²) in [4.78, 5) is 25.7. The lowest BCUT2D eigenvalue weighted by atomic mass is 9.80. The Bertz CT molecular complexity index is 446. The molecular weight excluding hydrogens is 344 g/mol. The van der Waals surface area contributed by atoms with Gasteiger partial charge in [-0.2, -0.15) is 0 Å². The maximum atomic E-state index is 12.3. The van der Waals surface area contributed by atoms with Crippen LogP contribution in [0.4, 0.5) is 0 Å². The van der Waals surface area contributed by atoms with E-state index in [1.54, 1.807) is 35.2 Å². The summed E-state index contributed by atoms with van der Waals surface area (Å²) < 4.78 is 0.0783. The highest BCUT2D eigenvalue weighted by atomic mass is 16.4. The van der Waals surface area contributed by atoms with Crippen molar-refractivity contribution in [1.29, 1.82) is 0 Å². The number of likely N-dealkylation sites (N-methyl/N-ethyl adjacent to an activating group) is 2. The van der Waals surface area contributed by atoms with Crippen molar-refractivity contribution in [2.75, 3.05) is 35.2 Å². The smallest absolute Gasteiger partial charge is 0.368 e. The first kappa shape index (κ1) is 25.9. The fourth-order valence-electron chi connectivity index (χ4n) is 4.08. The van der Waals surface area contributed by atoms with Gasteiger partial charge in [0.2, 0.25) is 5.54 Å². The standard InChI is InChI=1S/C21H42N2O4/c1-7-8-9-10-11-12-13-14-15-16-17-21(20(26)27,23(4,5)6)18(19(24)25)22(2)3/h18H,7-17H2,1-6H3,(H-,24,25,26,27)/p+1. The van der Waals surface area contributed by atoms with Crippen LogP contribution in [0.15, 0.2) is 0 Å². The van der Waals surface area contributed by atoms with E-state index in [-0.39, 0.29) is 4.48 Å². The van der Waals surface area contributed by atoms with Crippen molar-refractivity contribution in [3.05, 3.63) is 0 Å². The fraction of sp³-hybridized carbons (Fsp3) is 0.905. The third kappa shape index (κ3) is 7.78. The molecule has 0 bridgehead atoms. The Kier molecular flexibility index (Phi) is 11.8. The van der Waals surface area contributed by atoms with Crippen LogP contribution in [0.2, 0.25) is 0 Å². The van der Waals surface area contributed by atoms with E-state index in [4.69, 9.17) is 0 Å². The van der Waals surface area contributed by atoms with Crippen molar-refractivity contribution in [3.8, 4) is 0 Å². The minimum absolute atomic E-state index is 0.0783. The molecule has 0 fully saturated rings. The predicted molar refractivity (Wildman–Crippen MR) is 110 cm³/mol. The van der Waals surface area contributed by atoms with Gasteiger partial charge in [0, 0.05) is 6.42 Å². The zero-order chi connectivity index (χ0) is 21.1. The number of hydrogen-bond acceptors (Lipinski definition) is 3. The van der Waals surface area contributed by atoms with Gasteiger partial charge in [-0.05, 0) is 20.5 Å². The quantitative estimate of drug-likeness (QED) is 0.311. The van der Waals surface area contributed by atoms with Gasteiger partial charge < -0.3 is 14.7 Å². The first-order valence-electron chi connectivity index (χ1n) is 10.5. The molecule has 6 heteroatoms. The van der Waals surface area contributed by atoms with Gasteiger partial charge in [0.05, 0.1) is 21.1 Å². The third-order valence-electron chi connectivity index (χ3n) is 5.68. The number of quaternary nitrogens is 1. The Labute approximate surface area is 166 Å². The number of carboxylic acid groups (broad SMARTS) is 2. The van der Waals surface area contributed by atoms with Crippen molar-refractivity contribution < 1.29 is 24.3 Å². The summed E-state index contributed by atoms with van der Waals surface area (Å²) in [7, 11) is 8.63. The van der Waals surface area contributed by atoms with Crippen LogP contribution in [0, 0.1) is 0 Å². The predicted octanol–water partition coefficient (Wildman–Crippen LogP) is 3.84. The van der Waals surface area contributed by atoms with E-state index in [1.165, 1.54) is 49.8 Å². The second kappa shape index (κ2) is 12.3. The van der Waals surface area contributed by atoms with Crippen LogP contribution < -0.4 is 0 Å². The number of rotatable bonds is 16.